The molecule has 0 amide bonds. The lowest BCUT2D eigenvalue weighted by atomic mass is 10.1. The standard InChI is InChI=1S/C16H16N2O/c1-11-6-8-15-14(10-11)18-16(19-15)9-7-12-4-2-3-5-13(12)17/h2-6,8,10H,7,9,17H2,1H3. The van der Waals surface area contributed by atoms with Crippen LogP contribution in [-0.2, 0) is 12.8 Å². The van der Waals surface area contributed by atoms with Crippen molar-refractivity contribution in [1.29, 1.82) is 0 Å². The number of nitrogens with zero attached hydrogens (tertiary/aromatic N) is 1. The van der Waals surface area contributed by atoms with Gasteiger partial charge < -0.3 is 10.2 Å². The SMILES string of the molecule is Cc1ccc2oc(CCc3ccccc3N)nc2c1. The van der Waals surface area contributed by atoms with Crippen molar-refractivity contribution in [3.63, 3.8) is 0 Å². The fraction of sp³-hybridized carbons (Fsp3) is 0.188. The minimum atomic E-state index is 0.766. The number of hydrogen-bond acceptors (Lipinski definition) is 3. The summed E-state index contributed by atoms with van der Waals surface area (Å²) in [5.74, 6) is 0.767. The van der Waals surface area contributed by atoms with Crippen molar-refractivity contribution in [2.45, 2.75) is 19.8 Å². The van der Waals surface area contributed by atoms with Crippen LogP contribution in [0.1, 0.15) is 17.0 Å². The summed E-state index contributed by atoms with van der Waals surface area (Å²) in [5.41, 5.74) is 10.9. The second kappa shape index (κ2) is 4.76. The average molecular weight is 252 g/mol. The van der Waals surface area contributed by atoms with E-state index in [0.29, 0.717) is 0 Å². The van der Waals surface area contributed by atoms with Gasteiger partial charge in [0.05, 0.1) is 0 Å². The van der Waals surface area contributed by atoms with Gasteiger partial charge in [0.15, 0.2) is 11.5 Å². The summed E-state index contributed by atoms with van der Waals surface area (Å²) in [6.07, 6.45) is 1.61. The van der Waals surface area contributed by atoms with Crippen molar-refractivity contribution in [3.8, 4) is 0 Å². The Morgan fingerprint density at radius 2 is 1.95 bits per heavy atom. The van der Waals surface area contributed by atoms with Crippen LogP contribution in [0.2, 0.25) is 0 Å². The highest BCUT2D eigenvalue weighted by Crippen LogP contribution is 2.19. The van der Waals surface area contributed by atoms with Crippen molar-refractivity contribution in [1.82, 2.24) is 4.98 Å². The number of nitrogens with two attached hydrogens (primary N) is 1. The van der Waals surface area contributed by atoms with Crippen LogP contribution in [0.15, 0.2) is 46.9 Å². The lowest BCUT2D eigenvalue weighted by Gasteiger charge is -2.02. The Hall–Kier alpha value is -2.29. The average Bonchev–Trinajstić information content (AvgIpc) is 2.79. The molecule has 3 aromatic rings. The first-order valence-electron chi connectivity index (χ1n) is 6.42. The first-order chi connectivity index (χ1) is 9.22. The number of rotatable bonds is 3. The third-order valence-corrected chi connectivity index (χ3v) is 3.25. The van der Waals surface area contributed by atoms with Crippen molar-refractivity contribution < 1.29 is 4.42 Å². The van der Waals surface area contributed by atoms with Gasteiger partial charge in [-0.25, -0.2) is 4.98 Å². The molecule has 0 atom stereocenters. The van der Waals surface area contributed by atoms with Gasteiger partial charge in [-0.05, 0) is 42.7 Å². The Morgan fingerprint density at radius 3 is 2.79 bits per heavy atom. The number of oxazole rings is 1. The third kappa shape index (κ3) is 2.45. The van der Waals surface area contributed by atoms with Crippen LogP contribution in [0.4, 0.5) is 5.69 Å². The van der Waals surface area contributed by atoms with Crippen LogP contribution < -0.4 is 5.73 Å². The monoisotopic (exact) mass is 252 g/mol. The van der Waals surface area contributed by atoms with E-state index in [0.717, 1.165) is 41.1 Å². The van der Waals surface area contributed by atoms with E-state index in [4.69, 9.17) is 10.2 Å². The lowest BCUT2D eigenvalue weighted by Crippen LogP contribution is -1.96. The van der Waals surface area contributed by atoms with Gasteiger partial charge in [0.25, 0.3) is 0 Å². The Kier molecular flexibility index (Phi) is 2.95. The van der Waals surface area contributed by atoms with Crippen molar-refractivity contribution >= 4 is 16.8 Å². The molecule has 0 spiro atoms. The number of para-hydroxylation sites is 1. The molecule has 0 bridgehead atoms. The predicted octanol–water partition coefficient (Wildman–Crippen LogP) is 3.50. The van der Waals surface area contributed by atoms with E-state index in [1.807, 2.05) is 42.5 Å². The maximum atomic E-state index is 5.93. The molecule has 0 saturated carbocycles. The number of hydrogen-bond donors (Lipinski definition) is 1. The number of aromatic nitrogens is 1. The molecular formula is C16H16N2O. The summed E-state index contributed by atoms with van der Waals surface area (Å²) < 4.78 is 5.73. The smallest absolute Gasteiger partial charge is 0.195 e. The Labute approximate surface area is 112 Å². The molecule has 0 aliphatic carbocycles. The van der Waals surface area contributed by atoms with Gasteiger partial charge in [0.2, 0.25) is 0 Å². The fourth-order valence-electron chi connectivity index (χ4n) is 2.20. The van der Waals surface area contributed by atoms with E-state index in [1.165, 1.54) is 5.56 Å². The fourth-order valence-corrected chi connectivity index (χ4v) is 2.20. The van der Waals surface area contributed by atoms with Crippen LogP contribution >= 0.6 is 0 Å². The van der Waals surface area contributed by atoms with Crippen LogP contribution in [0, 0.1) is 6.92 Å². The first kappa shape index (κ1) is 11.8. The molecule has 1 heterocycles. The van der Waals surface area contributed by atoms with Gasteiger partial charge in [0.1, 0.15) is 5.52 Å². The minimum Gasteiger partial charge on any atom is -0.441 e. The van der Waals surface area contributed by atoms with E-state index in [9.17, 15) is 0 Å². The predicted molar refractivity (Wildman–Crippen MR) is 77.0 cm³/mol. The highest BCUT2D eigenvalue weighted by Gasteiger charge is 2.07. The van der Waals surface area contributed by atoms with E-state index in [-0.39, 0.29) is 0 Å². The summed E-state index contributed by atoms with van der Waals surface area (Å²) >= 11 is 0. The summed E-state index contributed by atoms with van der Waals surface area (Å²) in [6.45, 7) is 2.05. The summed E-state index contributed by atoms with van der Waals surface area (Å²) in [5, 5.41) is 0. The van der Waals surface area contributed by atoms with Crippen molar-refractivity contribution in [2.75, 3.05) is 5.73 Å². The first-order valence-corrected chi connectivity index (χ1v) is 6.42. The van der Waals surface area contributed by atoms with Crippen LogP contribution in [-0.4, -0.2) is 4.98 Å². The normalized spacial score (nSPS) is 11.0. The van der Waals surface area contributed by atoms with Gasteiger partial charge in [-0.3, -0.25) is 0 Å². The molecule has 3 nitrogen and oxygen atoms in total. The topological polar surface area (TPSA) is 52.0 Å². The second-order valence-corrected chi connectivity index (χ2v) is 4.78. The number of aryl methyl sites for hydroxylation is 3. The van der Waals surface area contributed by atoms with Crippen molar-refractivity contribution in [2.24, 2.45) is 0 Å². The van der Waals surface area contributed by atoms with Gasteiger partial charge in [-0.15, -0.1) is 0 Å². The Morgan fingerprint density at radius 1 is 1.11 bits per heavy atom. The van der Waals surface area contributed by atoms with Gasteiger partial charge in [0, 0.05) is 12.1 Å². The zero-order chi connectivity index (χ0) is 13.2. The molecule has 3 heteroatoms. The maximum absolute atomic E-state index is 5.93. The number of benzene rings is 2. The zero-order valence-corrected chi connectivity index (χ0v) is 10.9. The minimum absolute atomic E-state index is 0.766. The third-order valence-electron chi connectivity index (χ3n) is 3.25. The Balaban J connectivity index is 1.80. The molecule has 0 aliphatic rings. The number of fused-ring (bicyclic) bond motifs is 1. The van der Waals surface area contributed by atoms with Gasteiger partial charge in [-0.1, -0.05) is 24.3 Å². The molecule has 0 aliphatic heterocycles. The summed E-state index contributed by atoms with van der Waals surface area (Å²) in [6, 6.07) is 14.0. The lowest BCUT2D eigenvalue weighted by molar-refractivity contribution is 0.528. The second-order valence-electron chi connectivity index (χ2n) is 4.78. The number of nitrogen functional groups attached to an aromatic ring is 1. The molecule has 1 aromatic heterocycles. The zero-order valence-electron chi connectivity index (χ0n) is 10.9. The summed E-state index contributed by atoms with van der Waals surface area (Å²) in [4.78, 5) is 4.51. The highest BCUT2D eigenvalue weighted by atomic mass is 16.3. The summed E-state index contributed by atoms with van der Waals surface area (Å²) in [7, 11) is 0. The van der Waals surface area contributed by atoms with E-state index in [1.54, 1.807) is 0 Å². The quantitative estimate of drug-likeness (QED) is 0.726. The van der Waals surface area contributed by atoms with Gasteiger partial charge >= 0.3 is 0 Å². The largest absolute Gasteiger partial charge is 0.441 e. The molecule has 19 heavy (non-hydrogen) atoms. The molecule has 0 saturated heterocycles. The van der Waals surface area contributed by atoms with E-state index >= 15 is 0 Å². The maximum Gasteiger partial charge on any atom is 0.195 e. The van der Waals surface area contributed by atoms with Crippen LogP contribution in [0.5, 0.6) is 0 Å². The highest BCUT2D eigenvalue weighted by molar-refractivity contribution is 5.73. The molecule has 2 aromatic carbocycles. The van der Waals surface area contributed by atoms with E-state index < -0.39 is 0 Å². The Bertz CT molecular complexity index is 716. The van der Waals surface area contributed by atoms with Crippen LogP contribution in [0.25, 0.3) is 11.1 Å². The molecule has 0 radical (unpaired) electrons. The van der Waals surface area contributed by atoms with Crippen molar-refractivity contribution in [3.05, 3.63) is 59.5 Å². The molecular weight excluding hydrogens is 236 g/mol. The molecule has 3 rings (SSSR count). The molecule has 2 N–H and O–H groups in total. The molecule has 0 fully saturated rings. The molecule has 0 unspecified atom stereocenters. The molecule has 96 valence electrons. The van der Waals surface area contributed by atoms with E-state index in [2.05, 4.69) is 11.9 Å². The van der Waals surface area contributed by atoms with Gasteiger partial charge in [-0.2, -0.15) is 0 Å². The van der Waals surface area contributed by atoms with Crippen LogP contribution in [0.3, 0.4) is 0 Å². The number of anilines is 1.